The van der Waals surface area contributed by atoms with Crippen LogP contribution < -0.4 is 10.3 Å². The summed E-state index contributed by atoms with van der Waals surface area (Å²) in [6.07, 6.45) is 0. The molecule has 0 radical (unpaired) electrons. The van der Waals surface area contributed by atoms with Gasteiger partial charge in [0, 0.05) is 5.56 Å². The topological polar surface area (TPSA) is 29.9 Å². The lowest BCUT2D eigenvalue weighted by Gasteiger charge is -2.03. The van der Waals surface area contributed by atoms with E-state index in [1.807, 2.05) is 41.8 Å². The molecule has 0 spiro atoms. The van der Waals surface area contributed by atoms with Crippen LogP contribution in [0.1, 0.15) is 0 Å². The van der Waals surface area contributed by atoms with Gasteiger partial charge in [-0.2, -0.15) is 4.57 Å². The Balaban J connectivity index is 2.19. The van der Waals surface area contributed by atoms with E-state index in [-0.39, 0.29) is 0 Å². The molecule has 0 amide bonds. The molecule has 0 unspecified atom stereocenters. The van der Waals surface area contributed by atoms with E-state index in [2.05, 4.69) is 28.8 Å². The third-order valence-electron chi connectivity index (χ3n) is 2.79. The predicted octanol–water partition coefficient (Wildman–Crippen LogP) is 3.27. The number of nitrogen functional groups attached to an aromatic ring is 1. The van der Waals surface area contributed by atoms with Crippen molar-refractivity contribution in [1.29, 1.82) is 0 Å². The first-order valence-corrected chi connectivity index (χ1v) is 6.64. The van der Waals surface area contributed by atoms with Gasteiger partial charge in [-0.1, -0.05) is 47.7 Å². The van der Waals surface area contributed by atoms with Crippen molar-refractivity contribution in [3.63, 3.8) is 0 Å². The molecule has 1 aromatic heterocycles. The standard InChI is InChI=1S/C15H13N2S/c16-14-11-18-15(12-7-3-1-4-8-12)17(14)13-9-5-2-6-10-13/h1-11H,16H2/q+1. The number of aromatic nitrogens is 1. The van der Waals surface area contributed by atoms with Crippen LogP contribution in [-0.2, 0) is 0 Å². The van der Waals surface area contributed by atoms with E-state index in [0.717, 1.165) is 16.5 Å². The first kappa shape index (κ1) is 11.0. The van der Waals surface area contributed by atoms with Crippen molar-refractivity contribution in [2.75, 3.05) is 5.73 Å². The van der Waals surface area contributed by atoms with Gasteiger partial charge in [-0.15, -0.1) is 0 Å². The largest absolute Gasteiger partial charge is 0.288 e. The fraction of sp³-hybridized carbons (Fsp3) is 0. The minimum Gasteiger partial charge on any atom is -0.286 e. The second kappa shape index (κ2) is 4.63. The lowest BCUT2D eigenvalue weighted by atomic mass is 10.2. The van der Waals surface area contributed by atoms with Crippen LogP contribution in [0.15, 0.2) is 66.0 Å². The average Bonchev–Trinajstić information content (AvgIpc) is 2.83. The highest BCUT2D eigenvalue weighted by Gasteiger charge is 2.17. The Labute approximate surface area is 110 Å². The number of rotatable bonds is 2. The van der Waals surface area contributed by atoms with Crippen LogP contribution >= 0.6 is 11.3 Å². The van der Waals surface area contributed by atoms with Crippen LogP contribution in [0.5, 0.6) is 0 Å². The van der Waals surface area contributed by atoms with Gasteiger partial charge < -0.3 is 0 Å². The summed E-state index contributed by atoms with van der Waals surface area (Å²) in [5.74, 6) is 0.769. The fourth-order valence-electron chi connectivity index (χ4n) is 1.96. The zero-order chi connectivity index (χ0) is 12.4. The molecule has 0 saturated carbocycles. The highest BCUT2D eigenvalue weighted by atomic mass is 32.1. The molecule has 88 valence electrons. The lowest BCUT2D eigenvalue weighted by molar-refractivity contribution is -0.563. The lowest BCUT2D eigenvalue weighted by Crippen LogP contribution is -2.33. The molecule has 0 saturated heterocycles. The van der Waals surface area contributed by atoms with Gasteiger partial charge in [0.25, 0.3) is 5.82 Å². The van der Waals surface area contributed by atoms with Gasteiger partial charge in [0.1, 0.15) is 5.69 Å². The van der Waals surface area contributed by atoms with Crippen molar-refractivity contribution in [1.82, 2.24) is 0 Å². The van der Waals surface area contributed by atoms with E-state index in [9.17, 15) is 0 Å². The maximum absolute atomic E-state index is 6.08. The maximum Gasteiger partial charge on any atom is 0.288 e. The van der Waals surface area contributed by atoms with Crippen LogP contribution in [0.4, 0.5) is 5.82 Å². The van der Waals surface area contributed by atoms with E-state index in [0.29, 0.717) is 0 Å². The molecule has 3 aromatic rings. The number of para-hydroxylation sites is 1. The average molecular weight is 253 g/mol. The number of nitrogens with two attached hydrogens (primary N) is 1. The SMILES string of the molecule is Nc1csc(-c2ccccc2)[n+]1-c1ccccc1. The molecule has 3 rings (SSSR count). The monoisotopic (exact) mass is 253 g/mol. The number of nitrogens with zero attached hydrogens (tertiary/aromatic N) is 1. The zero-order valence-electron chi connectivity index (χ0n) is 9.78. The third-order valence-corrected chi connectivity index (χ3v) is 3.79. The van der Waals surface area contributed by atoms with Crippen molar-refractivity contribution in [3.05, 3.63) is 66.0 Å². The van der Waals surface area contributed by atoms with Gasteiger partial charge in [0.15, 0.2) is 5.01 Å². The second-order valence-electron chi connectivity index (χ2n) is 4.00. The third kappa shape index (κ3) is 1.89. The van der Waals surface area contributed by atoms with E-state index < -0.39 is 0 Å². The molecule has 0 bridgehead atoms. The van der Waals surface area contributed by atoms with Gasteiger partial charge >= 0.3 is 0 Å². The highest BCUT2D eigenvalue weighted by molar-refractivity contribution is 7.13. The molecule has 0 atom stereocenters. The number of hydrogen-bond acceptors (Lipinski definition) is 2. The molecule has 3 heteroatoms. The number of benzene rings is 2. The molecule has 2 aromatic carbocycles. The van der Waals surface area contributed by atoms with Gasteiger partial charge in [-0.05, 0) is 24.3 Å². The van der Waals surface area contributed by atoms with E-state index in [1.54, 1.807) is 11.3 Å². The Kier molecular flexibility index (Phi) is 2.82. The van der Waals surface area contributed by atoms with Gasteiger partial charge in [-0.3, -0.25) is 5.73 Å². The summed E-state index contributed by atoms with van der Waals surface area (Å²) in [6.45, 7) is 0. The highest BCUT2D eigenvalue weighted by Crippen LogP contribution is 2.24. The van der Waals surface area contributed by atoms with Crippen molar-refractivity contribution in [3.8, 4) is 16.3 Å². The zero-order valence-corrected chi connectivity index (χ0v) is 10.6. The summed E-state index contributed by atoms with van der Waals surface area (Å²) >= 11 is 1.66. The molecule has 2 nitrogen and oxygen atoms in total. The Bertz CT molecular complexity index is 645. The Morgan fingerprint density at radius 3 is 2.11 bits per heavy atom. The summed E-state index contributed by atoms with van der Waals surface area (Å²) in [7, 11) is 0. The van der Waals surface area contributed by atoms with Crippen LogP contribution in [0.2, 0.25) is 0 Å². The van der Waals surface area contributed by atoms with E-state index >= 15 is 0 Å². The smallest absolute Gasteiger partial charge is 0.286 e. The second-order valence-corrected chi connectivity index (χ2v) is 4.86. The van der Waals surface area contributed by atoms with Gasteiger partial charge in [0.05, 0.1) is 5.38 Å². The Morgan fingerprint density at radius 2 is 1.44 bits per heavy atom. The van der Waals surface area contributed by atoms with Gasteiger partial charge in [0.2, 0.25) is 0 Å². The number of thiazole rings is 1. The maximum atomic E-state index is 6.08. The normalized spacial score (nSPS) is 10.4. The van der Waals surface area contributed by atoms with Crippen molar-refractivity contribution in [2.24, 2.45) is 0 Å². The first-order chi connectivity index (χ1) is 8.86. The molecular formula is C15H13N2S+. The summed E-state index contributed by atoms with van der Waals surface area (Å²) < 4.78 is 2.08. The molecule has 1 heterocycles. The van der Waals surface area contributed by atoms with Crippen LogP contribution in [-0.4, -0.2) is 0 Å². The summed E-state index contributed by atoms with van der Waals surface area (Å²) in [5, 5.41) is 3.13. The van der Waals surface area contributed by atoms with Crippen LogP contribution in [0, 0.1) is 0 Å². The Hall–Kier alpha value is -2.13. The number of hydrogen-bond donors (Lipinski definition) is 1. The summed E-state index contributed by atoms with van der Waals surface area (Å²) in [5.41, 5.74) is 8.36. The molecule has 0 aliphatic heterocycles. The quantitative estimate of drug-likeness (QED) is 0.698. The number of anilines is 1. The molecule has 0 aliphatic rings. The Morgan fingerprint density at radius 1 is 0.833 bits per heavy atom. The van der Waals surface area contributed by atoms with E-state index in [4.69, 9.17) is 5.73 Å². The molecular weight excluding hydrogens is 240 g/mol. The molecule has 0 fully saturated rings. The molecule has 0 aliphatic carbocycles. The first-order valence-electron chi connectivity index (χ1n) is 5.76. The minimum absolute atomic E-state index is 0.769. The van der Waals surface area contributed by atoms with Crippen molar-refractivity contribution >= 4 is 17.2 Å². The molecule has 2 N–H and O–H groups in total. The fourth-order valence-corrected chi connectivity index (χ4v) is 2.89. The summed E-state index contributed by atoms with van der Waals surface area (Å²) in [4.78, 5) is 0. The van der Waals surface area contributed by atoms with Gasteiger partial charge in [-0.25, -0.2) is 0 Å². The minimum atomic E-state index is 0.769. The molecule has 18 heavy (non-hydrogen) atoms. The van der Waals surface area contributed by atoms with Crippen LogP contribution in [0.3, 0.4) is 0 Å². The van der Waals surface area contributed by atoms with Crippen molar-refractivity contribution in [2.45, 2.75) is 0 Å². The van der Waals surface area contributed by atoms with Crippen molar-refractivity contribution < 1.29 is 4.57 Å². The predicted molar refractivity (Wildman–Crippen MR) is 75.7 cm³/mol. The summed E-state index contributed by atoms with van der Waals surface area (Å²) in [6, 6.07) is 20.5. The van der Waals surface area contributed by atoms with E-state index in [1.165, 1.54) is 5.56 Å². The van der Waals surface area contributed by atoms with Crippen LogP contribution in [0.25, 0.3) is 16.3 Å².